The number of carbonyl (C=O) groups is 2. The lowest BCUT2D eigenvalue weighted by atomic mass is 10.1. The molecule has 1 aliphatic heterocycles. The number of hydrogen-bond donors (Lipinski definition) is 2. The Balaban J connectivity index is 2.19. The average molecular weight is 366 g/mol. The normalized spacial score (nSPS) is 15.8. The van der Waals surface area contributed by atoms with Crippen molar-refractivity contribution >= 4 is 23.3 Å². The van der Waals surface area contributed by atoms with E-state index in [0.717, 1.165) is 17.1 Å². The number of nitrogens with one attached hydrogen (secondary N) is 2. The smallest absolute Gasteiger partial charge is 0.337 e. The highest BCUT2D eigenvalue weighted by molar-refractivity contribution is 7.11. The van der Waals surface area contributed by atoms with Crippen LogP contribution in [-0.4, -0.2) is 48.6 Å². The highest BCUT2D eigenvalue weighted by Crippen LogP contribution is 2.29. The molecule has 2 amide bonds. The first-order valence-electron chi connectivity index (χ1n) is 8.47. The number of carbonyl (C=O) groups excluding carboxylic acids is 2. The summed E-state index contributed by atoms with van der Waals surface area (Å²) < 4.78 is 5.10. The summed E-state index contributed by atoms with van der Waals surface area (Å²) in [4.78, 5) is 31.7. The van der Waals surface area contributed by atoms with Gasteiger partial charge in [-0.25, -0.2) is 14.6 Å². The lowest BCUT2D eigenvalue weighted by Gasteiger charge is -2.28. The molecule has 1 atom stereocenters. The zero-order chi connectivity index (χ0) is 18.6. The first-order chi connectivity index (χ1) is 11.9. The van der Waals surface area contributed by atoms with Crippen molar-refractivity contribution in [3.05, 3.63) is 26.8 Å². The summed E-state index contributed by atoms with van der Waals surface area (Å²) in [7, 11) is 1.97. The van der Waals surface area contributed by atoms with Crippen molar-refractivity contribution in [3.63, 3.8) is 0 Å². The van der Waals surface area contributed by atoms with Crippen molar-refractivity contribution in [2.45, 2.75) is 40.2 Å². The molecule has 2 rings (SSSR count). The van der Waals surface area contributed by atoms with Gasteiger partial charge in [0.2, 0.25) is 0 Å². The minimum Gasteiger partial charge on any atom is -0.463 e. The second kappa shape index (κ2) is 8.44. The van der Waals surface area contributed by atoms with Gasteiger partial charge in [-0.2, -0.15) is 0 Å². The number of hydrogen-bond acceptors (Lipinski definition) is 6. The first kappa shape index (κ1) is 19.4. The zero-order valence-corrected chi connectivity index (χ0v) is 16.2. The molecule has 0 aromatic carbocycles. The third-order valence-electron chi connectivity index (χ3n) is 4.20. The van der Waals surface area contributed by atoms with Crippen LogP contribution in [0.3, 0.4) is 0 Å². The zero-order valence-electron chi connectivity index (χ0n) is 15.4. The van der Waals surface area contributed by atoms with Crippen molar-refractivity contribution < 1.29 is 14.3 Å². The number of thiazole rings is 1. The first-order valence-corrected chi connectivity index (χ1v) is 9.29. The van der Waals surface area contributed by atoms with Gasteiger partial charge in [0.05, 0.1) is 29.4 Å². The lowest BCUT2D eigenvalue weighted by molar-refractivity contribution is -0.138. The summed E-state index contributed by atoms with van der Waals surface area (Å²) in [6.07, 6.45) is 0.918. The largest absolute Gasteiger partial charge is 0.463 e. The topological polar surface area (TPSA) is 83.6 Å². The van der Waals surface area contributed by atoms with E-state index in [9.17, 15) is 9.59 Å². The van der Waals surface area contributed by atoms with Crippen LogP contribution < -0.4 is 10.6 Å². The van der Waals surface area contributed by atoms with Gasteiger partial charge in [0.15, 0.2) is 0 Å². The quantitative estimate of drug-likeness (QED) is 0.723. The molecule has 2 heterocycles. The summed E-state index contributed by atoms with van der Waals surface area (Å²) in [5.41, 5.74) is 2.10. The van der Waals surface area contributed by atoms with Gasteiger partial charge in [0.1, 0.15) is 0 Å². The second-order valence-electron chi connectivity index (χ2n) is 5.99. The Morgan fingerprint density at radius 1 is 1.44 bits per heavy atom. The molecule has 8 heteroatoms. The fourth-order valence-corrected chi connectivity index (χ4v) is 3.80. The van der Waals surface area contributed by atoms with Gasteiger partial charge in [-0.1, -0.05) is 6.92 Å². The molecule has 0 radical (unpaired) electrons. The molecule has 0 saturated carbocycles. The molecular formula is C17H26N4O3S. The molecule has 0 bridgehead atoms. The minimum atomic E-state index is -0.395. The molecule has 0 aliphatic carbocycles. The summed E-state index contributed by atoms with van der Waals surface area (Å²) in [5.74, 6) is -0.395. The van der Waals surface area contributed by atoms with Crippen molar-refractivity contribution in [3.8, 4) is 0 Å². The maximum absolute atomic E-state index is 12.1. The number of aromatic nitrogens is 1. The molecule has 2 N–H and O–H groups in total. The lowest BCUT2D eigenvalue weighted by Crippen LogP contribution is -2.46. The molecule has 25 heavy (non-hydrogen) atoms. The SMILES string of the molecule is CCOC(=O)C1=C(CN(C)[C@@H](C)c2sc(CC)nc2C)NC(=O)NC1. The fourth-order valence-electron chi connectivity index (χ4n) is 2.67. The van der Waals surface area contributed by atoms with Gasteiger partial charge in [-0.3, -0.25) is 4.90 Å². The Hall–Kier alpha value is -1.93. The average Bonchev–Trinajstić information content (AvgIpc) is 2.95. The van der Waals surface area contributed by atoms with E-state index in [1.807, 2.05) is 14.0 Å². The van der Waals surface area contributed by atoms with Gasteiger partial charge >= 0.3 is 12.0 Å². The number of amides is 2. The Morgan fingerprint density at radius 2 is 2.16 bits per heavy atom. The van der Waals surface area contributed by atoms with Crippen LogP contribution in [0.25, 0.3) is 0 Å². The van der Waals surface area contributed by atoms with Crippen molar-refractivity contribution in [1.29, 1.82) is 0 Å². The predicted molar refractivity (Wildman–Crippen MR) is 97.5 cm³/mol. The summed E-state index contributed by atoms with van der Waals surface area (Å²) >= 11 is 1.71. The molecule has 1 aromatic heterocycles. The van der Waals surface area contributed by atoms with Crippen LogP contribution in [0.4, 0.5) is 4.79 Å². The van der Waals surface area contributed by atoms with Crippen LogP contribution in [0.5, 0.6) is 0 Å². The molecule has 0 spiro atoms. The van der Waals surface area contributed by atoms with E-state index in [1.54, 1.807) is 18.3 Å². The Bertz CT molecular complexity index is 683. The number of rotatable bonds is 7. The summed E-state index contributed by atoms with van der Waals surface area (Å²) in [6, 6.07) is -0.174. The summed E-state index contributed by atoms with van der Waals surface area (Å²) in [6.45, 7) is 8.91. The van der Waals surface area contributed by atoms with Crippen LogP contribution in [-0.2, 0) is 16.0 Å². The molecular weight excluding hydrogens is 340 g/mol. The molecule has 7 nitrogen and oxygen atoms in total. The molecule has 1 aromatic rings. The van der Waals surface area contributed by atoms with Crippen molar-refractivity contribution in [2.75, 3.05) is 26.7 Å². The number of aryl methyl sites for hydroxylation is 2. The van der Waals surface area contributed by atoms with E-state index in [1.165, 1.54) is 4.88 Å². The third kappa shape index (κ3) is 4.58. The number of esters is 1. The molecule has 1 aliphatic rings. The number of likely N-dealkylation sites (N-methyl/N-ethyl adjacent to an activating group) is 1. The number of nitrogens with zero attached hydrogens (tertiary/aromatic N) is 2. The predicted octanol–water partition coefficient (Wildman–Crippen LogP) is 2.14. The van der Waals surface area contributed by atoms with Crippen LogP contribution in [0.1, 0.15) is 42.4 Å². The summed E-state index contributed by atoms with van der Waals surface area (Å²) in [5, 5.41) is 6.49. The van der Waals surface area contributed by atoms with Gasteiger partial charge in [-0.15, -0.1) is 11.3 Å². The highest BCUT2D eigenvalue weighted by atomic mass is 32.1. The second-order valence-corrected chi connectivity index (χ2v) is 7.10. The monoisotopic (exact) mass is 366 g/mol. The van der Waals surface area contributed by atoms with E-state index in [4.69, 9.17) is 4.74 Å². The van der Waals surface area contributed by atoms with Gasteiger partial charge in [0, 0.05) is 23.2 Å². The molecule has 0 unspecified atom stereocenters. The number of urea groups is 1. The Morgan fingerprint density at radius 3 is 2.76 bits per heavy atom. The van der Waals surface area contributed by atoms with Crippen molar-refractivity contribution in [2.24, 2.45) is 0 Å². The Labute approximate surface area is 152 Å². The van der Waals surface area contributed by atoms with E-state index in [-0.39, 0.29) is 18.6 Å². The van der Waals surface area contributed by atoms with Crippen molar-refractivity contribution in [1.82, 2.24) is 20.5 Å². The standard InChI is InChI=1S/C17H26N4O3S/c1-6-14-19-10(3)15(25-14)11(4)21(5)9-13-12(16(22)24-7-2)8-18-17(23)20-13/h11H,6-9H2,1-5H3,(H2,18,20,23)/t11-/m0/s1. The fraction of sp³-hybridized carbons (Fsp3) is 0.588. The third-order valence-corrected chi connectivity index (χ3v) is 5.68. The number of ether oxygens (including phenoxy) is 1. The van der Waals surface area contributed by atoms with Gasteiger partial charge < -0.3 is 15.4 Å². The van der Waals surface area contributed by atoms with Crippen LogP contribution >= 0.6 is 11.3 Å². The van der Waals surface area contributed by atoms with E-state index in [0.29, 0.717) is 24.4 Å². The molecule has 0 fully saturated rings. The molecule has 138 valence electrons. The van der Waals surface area contributed by atoms with E-state index in [2.05, 4.69) is 34.4 Å². The van der Waals surface area contributed by atoms with E-state index >= 15 is 0 Å². The Kier molecular flexibility index (Phi) is 6.55. The van der Waals surface area contributed by atoms with Crippen LogP contribution in [0.15, 0.2) is 11.3 Å². The highest BCUT2D eigenvalue weighted by Gasteiger charge is 2.26. The van der Waals surface area contributed by atoms with E-state index < -0.39 is 5.97 Å². The van der Waals surface area contributed by atoms with Gasteiger partial charge in [-0.05, 0) is 34.2 Å². The maximum Gasteiger partial charge on any atom is 0.337 e. The minimum absolute atomic E-state index is 0.125. The molecule has 0 saturated heterocycles. The van der Waals surface area contributed by atoms with Gasteiger partial charge in [0.25, 0.3) is 0 Å². The van der Waals surface area contributed by atoms with Crippen LogP contribution in [0.2, 0.25) is 0 Å². The van der Waals surface area contributed by atoms with Crippen LogP contribution in [0, 0.1) is 6.92 Å². The maximum atomic E-state index is 12.1.